The van der Waals surface area contributed by atoms with Crippen LogP contribution in [0.1, 0.15) is 67.9 Å². The summed E-state index contributed by atoms with van der Waals surface area (Å²) in [5.74, 6) is 0. The SMILES string of the molecule is CC1(C)CCc2cc3c(cc2C(O)C1)CCCC3. The summed E-state index contributed by atoms with van der Waals surface area (Å²) in [6.07, 6.45) is 8.06. The van der Waals surface area contributed by atoms with E-state index in [1.165, 1.54) is 48.8 Å². The molecular formula is C17H24O. The zero-order valence-electron chi connectivity index (χ0n) is 11.6. The Labute approximate surface area is 110 Å². The highest BCUT2D eigenvalue weighted by Gasteiger charge is 2.29. The molecule has 0 spiro atoms. The van der Waals surface area contributed by atoms with E-state index in [0.29, 0.717) is 0 Å². The Morgan fingerprint density at radius 1 is 1.00 bits per heavy atom. The van der Waals surface area contributed by atoms with E-state index in [0.717, 1.165) is 12.8 Å². The minimum Gasteiger partial charge on any atom is -0.388 e. The second kappa shape index (κ2) is 4.38. The van der Waals surface area contributed by atoms with Crippen molar-refractivity contribution in [1.29, 1.82) is 0 Å². The number of benzene rings is 1. The monoisotopic (exact) mass is 244 g/mol. The van der Waals surface area contributed by atoms with Gasteiger partial charge in [0.05, 0.1) is 6.10 Å². The molecule has 0 radical (unpaired) electrons. The molecule has 2 aliphatic rings. The van der Waals surface area contributed by atoms with Crippen LogP contribution in [0.2, 0.25) is 0 Å². The molecule has 0 saturated carbocycles. The molecule has 0 heterocycles. The van der Waals surface area contributed by atoms with Crippen LogP contribution in [0.5, 0.6) is 0 Å². The van der Waals surface area contributed by atoms with E-state index in [-0.39, 0.29) is 11.5 Å². The lowest BCUT2D eigenvalue weighted by molar-refractivity contribution is 0.116. The molecule has 0 aromatic heterocycles. The highest BCUT2D eigenvalue weighted by molar-refractivity contribution is 5.41. The number of aryl methyl sites for hydroxylation is 3. The van der Waals surface area contributed by atoms with Gasteiger partial charge in [-0.15, -0.1) is 0 Å². The summed E-state index contributed by atoms with van der Waals surface area (Å²) in [4.78, 5) is 0. The molecule has 18 heavy (non-hydrogen) atoms. The molecular weight excluding hydrogens is 220 g/mol. The van der Waals surface area contributed by atoms with Crippen LogP contribution in [0.4, 0.5) is 0 Å². The van der Waals surface area contributed by atoms with Gasteiger partial charge in [0.1, 0.15) is 0 Å². The average Bonchev–Trinajstić information content (AvgIpc) is 2.44. The van der Waals surface area contributed by atoms with Gasteiger partial charge in [0.15, 0.2) is 0 Å². The van der Waals surface area contributed by atoms with Crippen molar-refractivity contribution in [2.45, 2.75) is 64.9 Å². The summed E-state index contributed by atoms with van der Waals surface area (Å²) in [6.45, 7) is 4.56. The molecule has 1 heteroatoms. The van der Waals surface area contributed by atoms with Crippen molar-refractivity contribution < 1.29 is 5.11 Å². The zero-order valence-corrected chi connectivity index (χ0v) is 11.6. The van der Waals surface area contributed by atoms with Crippen molar-refractivity contribution >= 4 is 0 Å². The van der Waals surface area contributed by atoms with E-state index in [9.17, 15) is 5.11 Å². The van der Waals surface area contributed by atoms with Crippen LogP contribution < -0.4 is 0 Å². The first-order chi connectivity index (χ1) is 8.55. The van der Waals surface area contributed by atoms with Gasteiger partial charge in [0.2, 0.25) is 0 Å². The second-order valence-corrected chi connectivity index (χ2v) is 6.91. The smallest absolute Gasteiger partial charge is 0.0797 e. The molecule has 1 aromatic carbocycles. The summed E-state index contributed by atoms with van der Waals surface area (Å²) in [7, 11) is 0. The highest BCUT2D eigenvalue weighted by Crippen LogP contribution is 2.40. The zero-order chi connectivity index (χ0) is 12.8. The molecule has 0 aliphatic heterocycles. The van der Waals surface area contributed by atoms with Gasteiger partial charge in [-0.1, -0.05) is 26.0 Å². The third-order valence-electron chi connectivity index (χ3n) is 4.78. The topological polar surface area (TPSA) is 20.2 Å². The predicted molar refractivity (Wildman–Crippen MR) is 74.8 cm³/mol. The van der Waals surface area contributed by atoms with Crippen LogP contribution in [-0.2, 0) is 19.3 Å². The summed E-state index contributed by atoms with van der Waals surface area (Å²) in [5, 5.41) is 10.5. The van der Waals surface area contributed by atoms with Crippen LogP contribution in [-0.4, -0.2) is 5.11 Å². The maximum absolute atomic E-state index is 10.5. The molecule has 0 fully saturated rings. The minimum atomic E-state index is -0.260. The molecule has 1 atom stereocenters. The fourth-order valence-electron chi connectivity index (χ4n) is 3.59. The standard InChI is InChI=1S/C17H24O/c1-17(2)8-7-14-9-12-5-3-4-6-13(12)10-15(14)16(18)11-17/h9-10,16,18H,3-8,11H2,1-2H3. The lowest BCUT2D eigenvalue weighted by atomic mass is 9.83. The number of hydrogen-bond donors (Lipinski definition) is 1. The van der Waals surface area contributed by atoms with Crippen molar-refractivity contribution in [3.8, 4) is 0 Å². The van der Waals surface area contributed by atoms with E-state index in [1.807, 2.05) is 0 Å². The number of aliphatic hydroxyl groups excluding tert-OH is 1. The molecule has 0 bridgehead atoms. The van der Waals surface area contributed by atoms with Gasteiger partial charge in [-0.2, -0.15) is 0 Å². The van der Waals surface area contributed by atoms with E-state index in [4.69, 9.17) is 0 Å². The van der Waals surface area contributed by atoms with Crippen molar-refractivity contribution in [3.05, 3.63) is 34.4 Å². The normalized spacial score (nSPS) is 26.1. The van der Waals surface area contributed by atoms with Crippen LogP contribution in [0.3, 0.4) is 0 Å². The van der Waals surface area contributed by atoms with Gasteiger partial charge in [-0.3, -0.25) is 0 Å². The molecule has 0 amide bonds. The Balaban J connectivity index is 2.02. The van der Waals surface area contributed by atoms with Crippen LogP contribution >= 0.6 is 0 Å². The van der Waals surface area contributed by atoms with Crippen LogP contribution in [0.25, 0.3) is 0 Å². The summed E-state index contributed by atoms with van der Waals surface area (Å²) in [6, 6.07) is 4.71. The Bertz CT molecular complexity index is 459. The maximum atomic E-state index is 10.5. The molecule has 98 valence electrons. The van der Waals surface area contributed by atoms with Crippen LogP contribution in [0.15, 0.2) is 12.1 Å². The van der Waals surface area contributed by atoms with E-state index >= 15 is 0 Å². The third kappa shape index (κ3) is 2.21. The summed E-state index contributed by atoms with van der Waals surface area (Å²) < 4.78 is 0. The Hall–Kier alpha value is -0.820. The fraction of sp³-hybridized carbons (Fsp3) is 0.647. The molecule has 1 unspecified atom stereocenters. The Kier molecular flexibility index (Phi) is 2.97. The molecule has 1 nitrogen and oxygen atoms in total. The maximum Gasteiger partial charge on any atom is 0.0797 e. The number of fused-ring (bicyclic) bond motifs is 2. The van der Waals surface area contributed by atoms with Gasteiger partial charge < -0.3 is 5.11 Å². The molecule has 1 aromatic rings. The first-order valence-electron chi connectivity index (χ1n) is 7.38. The predicted octanol–water partition coefficient (Wildman–Crippen LogP) is 3.96. The number of rotatable bonds is 0. The van der Waals surface area contributed by atoms with Gasteiger partial charge in [-0.25, -0.2) is 0 Å². The van der Waals surface area contributed by atoms with E-state index < -0.39 is 0 Å². The van der Waals surface area contributed by atoms with Gasteiger partial charge in [0.25, 0.3) is 0 Å². The summed E-state index contributed by atoms with van der Waals surface area (Å²) in [5.41, 5.74) is 5.94. The van der Waals surface area contributed by atoms with Crippen LogP contribution in [0, 0.1) is 5.41 Å². The molecule has 0 saturated heterocycles. The quantitative estimate of drug-likeness (QED) is 0.685. The third-order valence-corrected chi connectivity index (χ3v) is 4.78. The van der Waals surface area contributed by atoms with Gasteiger partial charge in [0, 0.05) is 0 Å². The van der Waals surface area contributed by atoms with Crippen molar-refractivity contribution in [3.63, 3.8) is 0 Å². The average molecular weight is 244 g/mol. The van der Waals surface area contributed by atoms with Gasteiger partial charge >= 0.3 is 0 Å². The number of aliphatic hydroxyl groups is 1. The van der Waals surface area contributed by atoms with E-state index in [2.05, 4.69) is 26.0 Å². The lowest BCUT2D eigenvalue weighted by Crippen LogP contribution is -2.13. The van der Waals surface area contributed by atoms with Gasteiger partial charge in [-0.05, 0) is 72.6 Å². The highest BCUT2D eigenvalue weighted by atomic mass is 16.3. The molecule has 2 aliphatic carbocycles. The Morgan fingerprint density at radius 2 is 1.67 bits per heavy atom. The fourth-order valence-corrected chi connectivity index (χ4v) is 3.59. The first kappa shape index (κ1) is 12.2. The Morgan fingerprint density at radius 3 is 2.39 bits per heavy atom. The first-order valence-corrected chi connectivity index (χ1v) is 7.38. The van der Waals surface area contributed by atoms with Crippen molar-refractivity contribution in [2.75, 3.05) is 0 Å². The summed E-state index contributed by atoms with van der Waals surface area (Å²) >= 11 is 0. The minimum absolute atomic E-state index is 0.260. The second-order valence-electron chi connectivity index (χ2n) is 6.91. The van der Waals surface area contributed by atoms with E-state index in [1.54, 1.807) is 5.56 Å². The lowest BCUT2D eigenvalue weighted by Gasteiger charge is -2.24. The van der Waals surface area contributed by atoms with Crippen molar-refractivity contribution in [1.82, 2.24) is 0 Å². The number of hydrogen-bond acceptors (Lipinski definition) is 1. The molecule has 3 rings (SSSR count). The largest absolute Gasteiger partial charge is 0.388 e. The van der Waals surface area contributed by atoms with Crippen molar-refractivity contribution in [2.24, 2.45) is 5.41 Å². The molecule has 1 N–H and O–H groups in total.